The quantitative estimate of drug-likeness (QED) is 0.817. The van der Waals surface area contributed by atoms with Crippen molar-refractivity contribution < 1.29 is 19.5 Å². The van der Waals surface area contributed by atoms with Crippen LogP contribution in [0, 0.1) is 0 Å². The molecule has 1 amide bonds. The number of aromatic hydroxyl groups is 1. The van der Waals surface area contributed by atoms with Crippen molar-refractivity contribution in [3.05, 3.63) is 23.8 Å². The monoisotopic (exact) mass is 223 g/mol. The number of hydrogen-bond donors (Lipinski definition) is 1. The second-order valence-corrected chi connectivity index (χ2v) is 3.48. The number of hydrogen-bond acceptors (Lipinski definition) is 4. The minimum Gasteiger partial charge on any atom is -0.507 e. The van der Waals surface area contributed by atoms with Crippen molar-refractivity contribution in [3.8, 4) is 11.5 Å². The van der Waals surface area contributed by atoms with E-state index in [1.807, 2.05) is 0 Å². The molecule has 5 heteroatoms. The van der Waals surface area contributed by atoms with Crippen LogP contribution < -0.4 is 4.74 Å². The van der Waals surface area contributed by atoms with Crippen LogP contribution in [0.4, 0.5) is 0 Å². The fourth-order valence-electron chi connectivity index (χ4n) is 1.56. The maximum atomic E-state index is 11.9. The van der Waals surface area contributed by atoms with E-state index in [2.05, 4.69) is 0 Å². The molecule has 1 aromatic carbocycles. The number of rotatable bonds is 2. The molecule has 1 fully saturated rings. The molecule has 0 saturated carbocycles. The van der Waals surface area contributed by atoms with E-state index < -0.39 is 0 Å². The van der Waals surface area contributed by atoms with E-state index >= 15 is 0 Å². The largest absolute Gasteiger partial charge is 0.507 e. The molecule has 0 bridgehead atoms. The first-order chi connectivity index (χ1) is 7.72. The lowest BCUT2D eigenvalue weighted by Crippen LogP contribution is -2.26. The van der Waals surface area contributed by atoms with Gasteiger partial charge in [-0.1, -0.05) is 0 Å². The molecule has 86 valence electrons. The highest BCUT2D eigenvalue weighted by molar-refractivity contribution is 5.96. The fourth-order valence-corrected chi connectivity index (χ4v) is 1.56. The Morgan fingerprint density at radius 3 is 3.00 bits per heavy atom. The van der Waals surface area contributed by atoms with E-state index in [-0.39, 0.29) is 17.2 Å². The number of ether oxygens (including phenoxy) is 1. The Kier molecular flexibility index (Phi) is 2.96. The summed E-state index contributed by atoms with van der Waals surface area (Å²) in [5.41, 5.74) is 0.196. The van der Waals surface area contributed by atoms with Crippen molar-refractivity contribution in [1.82, 2.24) is 5.06 Å². The first-order valence-corrected chi connectivity index (χ1v) is 5.04. The summed E-state index contributed by atoms with van der Waals surface area (Å²) in [6.45, 7) is 1.09. The molecule has 16 heavy (non-hydrogen) atoms. The molecule has 1 N–H and O–H groups in total. The van der Waals surface area contributed by atoms with E-state index in [4.69, 9.17) is 9.57 Å². The van der Waals surface area contributed by atoms with Crippen LogP contribution in [0.5, 0.6) is 11.5 Å². The zero-order chi connectivity index (χ0) is 11.5. The molecule has 0 radical (unpaired) electrons. The summed E-state index contributed by atoms with van der Waals surface area (Å²) >= 11 is 0. The number of benzene rings is 1. The van der Waals surface area contributed by atoms with E-state index in [9.17, 15) is 9.90 Å². The number of amides is 1. The fraction of sp³-hybridized carbons (Fsp3) is 0.364. The van der Waals surface area contributed by atoms with Crippen LogP contribution in [-0.2, 0) is 4.84 Å². The van der Waals surface area contributed by atoms with Crippen LogP contribution in [0.25, 0.3) is 0 Å². The maximum Gasteiger partial charge on any atom is 0.281 e. The zero-order valence-electron chi connectivity index (χ0n) is 8.97. The molecule has 0 aliphatic carbocycles. The van der Waals surface area contributed by atoms with Crippen LogP contribution in [0.15, 0.2) is 18.2 Å². The highest BCUT2D eigenvalue weighted by Gasteiger charge is 2.23. The standard InChI is InChI=1S/C11H13NO4/c1-15-8-3-4-10(13)9(7-8)11(14)12-5-2-6-16-12/h3-4,7,13H,2,5-6H2,1H3. The molecule has 1 aliphatic rings. The number of nitrogens with zero attached hydrogens (tertiary/aromatic N) is 1. The van der Waals surface area contributed by atoms with Crippen LogP contribution in [0.1, 0.15) is 16.8 Å². The van der Waals surface area contributed by atoms with Crippen LogP contribution in [0.2, 0.25) is 0 Å². The number of carbonyl (C=O) groups is 1. The van der Waals surface area contributed by atoms with Crippen molar-refractivity contribution >= 4 is 5.91 Å². The van der Waals surface area contributed by atoms with E-state index in [0.29, 0.717) is 18.9 Å². The second-order valence-electron chi connectivity index (χ2n) is 3.48. The Morgan fingerprint density at radius 1 is 1.56 bits per heavy atom. The smallest absolute Gasteiger partial charge is 0.281 e. The molecule has 0 atom stereocenters. The lowest BCUT2D eigenvalue weighted by atomic mass is 10.1. The van der Waals surface area contributed by atoms with Gasteiger partial charge in [0.1, 0.15) is 11.5 Å². The molecule has 1 aliphatic heterocycles. The zero-order valence-corrected chi connectivity index (χ0v) is 8.97. The predicted molar refractivity (Wildman–Crippen MR) is 56.3 cm³/mol. The summed E-state index contributed by atoms with van der Waals surface area (Å²) in [5.74, 6) is 0.121. The number of phenols is 1. The van der Waals surface area contributed by atoms with Gasteiger partial charge in [-0.3, -0.25) is 9.63 Å². The Bertz CT molecular complexity index is 399. The van der Waals surface area contributed by atoms with Gasteiger partial charge in [0.25, 0.3) is 5.91 Å². The number of carbonyl (C=O) groups excluding carboxylic acids is 1. The van der Waals surface area contributed by atoms with E-state index in [1.165, 1.54) is 24.3 Å². The SMILES string of the molecule is COc1ccc(O)c(C(=O)N2CCCO2)c1. The van der Waals surface area contributed by atoms with Gasteiger partial charge in [-0.15, -0.1) is 0 Å². The number of hydroxylamine groups is 2. The summed E-state index contributed by atoms with van der Waals surface area (Å²) in [6.07, 6.45) is 0.816. The topological polar surface area (TPSA) is 59.0 Å². The summed E-state index contributed by atoms with van der Waals surface area (Å²) in [4.78, 5) is 17.1. The van der Waals surface area contributed by atoms with Crippen molar-refractivity contribution in [1.29, 1.82) is 0 Å². The maximum absolute atomic E-state index is 11.9. The molecule has 0 spiro atoms. The van der Waals surface area contributed by atoms with Crippen molar-refractivity contribution in [2.45, 2.75) is 6.42 Å². The highest BCUT2D eigenvalue weighted by atomic mass is 16.7. The van der Waals surface area contributed by atoms with E-state index in [1.54, 1.807) is 6.07 Å². The molecule has 1 heterocycles. The predicted octanol–water partition coefficient (Wildman–Crippen LogP) is 1.18. The third-order valence-corrected chi connectivity index (χ3v) is 2.41. The van der Waals surface area contributed by atoms with Gasteiger partial charge in [-0.25, -0.2) is 5.06 Å². The minimum absolute atomic E-state index is 0.0682. The summed E-state index contributed by atoms with van der Waals surface area (Å²) < 4.78 is 5.00. The lowest BCUT2D eigenvalue weighted by molar-refractivity contribution is -0.0769. The summed E-state index contributed by atoms with van der Waals surface area (Å²) in [6, 6.07) is 4.53. The van der Waals surface area contributed by atoms with E-state index in [0.717, 1.165) is 6.42 Å². The van der Waals surface area contributed by atoms with Gasteiger partial charge in [0.05, 0.1) is 25.8 Å². The van der Waals surface area contributed by atoms with Crippen molar-refractivity contribution in [2.75, 3.05) is 20.3 Å². The Labute approximate surface area is 93.1 Å². The Hall–Kier alpha value is -1.75. The third-order valence-electron chi connectivity index (χ3n) is 2.41. The summed E-state index contributed by atoms with van der Waals surface area (Å²) in [7, 11) is 1.51. The van der Waals surface area contributed by atoms with Gasteiger partial charge in [0.15, 0.2) is 0 Å². The Morgan fingerprint density at radius 2 is 2.38 bits per heavy atom. The first kappa shape index (κ1) is 10.8. The van der Waals surface area contributed by atoms with Crippen LogP contribution >= 0.6 is 0 Å². The van der Waals surface area contributed by atoms with Gasteiger partial charge in [0, 0.05) is 0 Å². The molecular weight excluding hydrogens is 210 g/mol. The molecule has 1 aromatic rings. The molecule has 0 aromatic heterocycles. The van der Waals surface area contributed by atoms with Crippen LogP contribution in [0.3, 0.4) is 0 Å². The van der Waals surface area contributed by atoms with Gasteiger partial charge in [0.2, 0.25) is 0 Å². The van der Waals surface area contributed by atoms with Crippen molar-refractivity contribution in [2.24, 2.45) is 0 Å². The third kappa shape index (κ3) is 1.94. The number of phenolic OH excluding ortho intramolecular Hbond substituents is 1. The molecule has 1 saturated heterocycles. The molecule has 5 nitrogen and oxygen atoms in total. The number of methoxy groups -OCH3 is 1. The highest BCUT2D eigenvalue weighted by Crippen LogP contribution is 2.25. The molecule has 2 rings (SSSR count). The van der Waals surface area contributed by atoms with Crippen LogP contribution in [-0.4, -0.2) is 36.3 Å². The second kappa shape index (κ2) is 4.40. The summed E-state index contributed by atoms with van der Waals surface area (Å²) in [5, 5.41) is 10.9. The lowest BCUT2D eigenvalue weighted by Gasteiger charge is -2.15. The molecular formula is C11H13NO4. The Balaban J connectivity index is 2.27. The van der Waals surface area contributed by atoms with Gasteiger partial charge in [-0.05, 0) is 24.6 Å². The van der Waals surface area contributed by atoms with Gasteiger partial charge >= 0.3 is 0 Å². The normalized spacial score (nSPS) is 15.2. The first-order valence-electron chi connectivity index (χ1n) is 5.04. The van der Waals surface area contributed by atoms with Gasteiger partial charge < -0.3 is 9.84 Å². The average Bonchev–Trinajstić information content (AvgIpc) is 2.82. The van der Waals surface area contributed by atoms with Crippen molar-refractivity contribution in [3.63, 3.8) is 0 Å². The molecule has 0 unspecified atom stereocenters. The van der Waals surface area contributed by atoms with Gasteiger partial charge in [-0.2, -0.15) is 0 Å². The minimum atomic E-state index is -0.339. The average molecular weight is 223 g/mol.